The van der Waals surface area contributed by atoms with Gasteiger partial charge in [-0.15, -0.1) is 12.4 Å². The van der Waals surface area contributed by atoms with E-state index in [2.05, 4.69) is 29.7 Å². The number of carbonyl (C=O) groups excluding carboxylic acids is 1. The molecule has 154 valence electrons. The Balaban J connectivity index is 0.00000240. The Hall–Kier alpha value is -2.37. The molecule has 2 heterocycles. The molecule has 2 aromatic carbocycles. The number of rotatable bonds is 5. The first-order chi connectivity index (χ1) is 13.6. The molecular formula is C23H29ClN4O. The van der Waals surface area contributed by atoms with Crippen molar-refractivity contribution in [2.45, 2.75) is 38.6 Å². The van der Waals surface area contributed by atoms with E-state index < -0.39 is 0 Å². The highest BCUT2D eigenvalue weighted by atomic mass is 35.5. The van der Waals surface area contributed by atoms with Crippen LogP contribution in [0.15, 0.2) is 54.6 Å². The fourth-order valence-corrected chi connectivity index (χ4v) is 4.16. The van der Waals surface area contributed by atoms with Crippen LogP contribution in [0.4, 0.5) is 0 Å². The molecule has 1 unspecified atom stereocenters. The number of aryl methyl sites for hydroxylation is 1. The standard InChI is InChI=1S/C23H28N4O.ClH/c1-17(24)18-13-15-26(16-14-18)23(28)12-11-22-25-20-9-5-6-10-21(20)27(22)19-7-3-2-4-8-19;/h2-10,17-18H,11-16,24H2,1H3;1H. The molecule has 1 saturated heterocycles. The molecule has 1 aliphatic heterocycles. The molecule has 1 amide bonds. The van der Waals surface area contributed by atoms with Crippen molar-refractivity contribution >= 4 is 29.3 Å². The number of nitrogens with two attached hydrogens (primary N) is 1. The third-order valence-corrected chi connectivity index (χ3v) is 5.84. The van der Waals surface area contributed by atoms with Crippen molar-refractivity contribution in [3.63, 3.8) is 0 Å². The molecule has 0 spiro atoms. The van der Waals surface area contributed by atoms with Gasteiger partial charge >= 0.3 is 0 Å². The maximum Gasteiger partial charge on any atom is 0.223 e. The van der Waals surface area contributed by atoms with Crippen LogP contribution < -0.4 is 5.73 Å². The van der Waals surface area contributed by atoms with E-state index in [0.29, 0.717) is 18.8 Å². The Morgan fingerprint density at radius 2 is 1.76 bits per heavy atom. The van der Waals surface area contributed by atoms with Gasteiger partial charge in [0.25, 0.3) is 0 Å². The van der Waals surface area contributed by atoms with Crippen molar-refractivity contribution in [2.75, 3.05) is 13.1 Å². The lowest BCUT2D eigenvalue weighted by molar-refractivity contribution is -0.132. The van der Waals surface area contributed by atoms with E-state index in [-0.39, 0.29) is 24.4 Å². The first-order valence-corrected chi connectivity index (χ1v) is 10.2. The zero-order valence-electron chi connectivity index (χ0n) is 16.8. The van der Waals surface area contributed by atoms with Crippen LogP contribution in [0.5, 0.6) is 0 Å². The molecule has 0 radical (unpaired) electrons. The summed E-state index contributed by atoms with van der Waals surface area (Å²) in [6.45, 7) is 3.70. The lowest BCUT2D eigenvalue weighted by atomic mass is 9.91. The molecule has 1 aromatic heterocycles. The molecule has 0 bridgehead atoms. The Bertz CT molecular complexity index is 946. The first-order valence-electron chi connectivity index (χ1n) is 10.2. The number of imidazole rings is 1. The number of amides is 1. The van der Waals surface area contributed by atoms with Crippen molar-refractivity contribution in [1.82, 2.24) is 14.5 Å². The van der Waals surface area contributed by atoms with Crippen molar-refractivity contribution in [2.24, 2.45) is 11.7 Å². The number of halogens is 1. The van der Waals surface area contributed by atoms with Crippen molar-refractivity contribution in [3.05, 3.63) is 60.4 Å². The highest BCUT2D eigenvalue weighted by molar-refractivity contribution is 5.85. The summed E-state index contributed by atoms with van der Waals surface area (Å²) in [5.41, 5.74) is 9.14. The highest BCUT2D eigenvalue weighted by Gasteiger charge is 2.25. The number of aromatic nitrogens is 2. The smallest absolute Gasteiger partial charge is 0.223 e. The maximum atomic E-state index is 12.8. The molecule has 6 heteroatoms. The third kappa shape index (κ3) is 4.62. The average Bonchev–Trinajstić information content (AvgIpc) is 3.11. The second-order valence-electron chi connectivity index (χ2n) is 7.77. The number of hydrogen-bond acceptors (Lipinski definition) is 3. The topological polar surface area (TPSA) is 64.2 Å². The van der Waals surface area contributed by atoms with Crippen LogP contribution in [0, 0.1) is 5.92 Å². The van der Waals surface area contributed by atoms with Gasteiger partial charge in [-0.3, -0.25) is 9.36 Å². The van der Waals surface area contributed by atoms with Gasteiger partial charge in [-0.25, -0.2) is 4.98 Å². The van der Waals surface area contributed by atoms with Crippen LogP contribution >= 0.6 is 12.4 Å². The molecule has 4 rings (SSSR count). The summed E-state index contributed by atoms with van der Waals surface area (Å²) in [6.07, 6.45) is 3.13. The number of nitrogens with zero attached hydrogens (tertiary/aromatic N) is 3. The molecular weight excluding hydrogens is 384 g/mol. The van der Waals surface area contributed by atoms with Gasteiger partial charge in [0.2, 0.25) is 5.91 Å². The third-order valence-electron chi connectivity index (χ3n) is 5.84. The highest BCUT2D eigenvalue weighted by Crippen LogP contribution is 2.23. The van der Waals surface area contributed by atoms with E-state index >= 15 is 0 Å². The summed E-state index contributed by atoms with van der Waals surface area (Å²) >= 11 is 0. The maximum absolute atomic E-state index is 12.8. The number of likely N-dealkylation sites (tertiary alicyclic amines) is 1. The minimum atomic E-state index is 0. The Morgan fingerprint density at radius 1 is 1.10 bits per heavy atom. The molecule has 3 aromatic rings. The van der Waals surface area contributed by atoms with Gasteiger partial charge in [-0.1, -0.05) is 30.3 Å². The van der Waals surface area contributed by atoms with E-state index in [1.54, 1.807) is 0 Å². The summed E-state index contributed by atoms with van der Waals surface area (Å²) in [6, 6.07) is 18.6. The quantitative estimate of drug-likeness (QED) is 0.689. The van der Waals surface area contributed by atoms with Crippen LogP contribution in [0.25, 0.3) is 16.7 Å². The van der Waals surface area contributed by atoms with Crippen LogP contribution in [-0.4, -0.2) is 39.5 Å². The second-order valence-corrected chi connectivity index (χ2v) is 7.77. The van der Waals surface area contributed by atoms with E-state index in [9.17, 15) is 4.79 Å². The first kappa shape index (κ1) is 21.3. The molecule has 1 atom stereocenters. The predicted molar refractivity (Wildman–Crippen MR) is 120 cm³/mol. The molecule has 0 aliphatic carbocycles. The van der Waals surface area contributed by atoms with E-state index in [1.165, 1.54) is 0 Å². The fourth-order valence-electron chi connectivity index (χ4n) is 4.16. The molecule has 1 fully saturated rings. The summed E-state index contributed by atoms with van der Waals surface area (Å²) in [4.78, 5) is 19.6. The Labute approximate surface area is 178 Å². The van der Waals surface area contributed by atoms with E-state index in [4.69, 9.17) is 10.7 Å². The zero-order valence-corrected chi connectivity index (χ0v) is 17.6. The van der Waals surface area contributed by atoms with Crippen molar-refractivity contribution in [1.29, 1.82) is 0 Å². The van der Waals surface area contributed by atoms with Gasteiger partial charge < -0.3 is 10.6 Å². The number of hydrogen-bond donors (Lipinski definition) is 1. The Morgan fingerprint density at radius 3 is 2.45 bits per heavy atom. The van der Waals surface area contributed by atoms with E-state index in [1.807, 2.05) is 41.3 Å². The molecule has 1 aliphatic rings. The van der Waals surface area contributed by atoms with Gasteiger partial charge in [0.15, 0.2) is 0 Å². The van der Waals surface area contributed by atoms with Crippen LogP contribution in [0.1, 0.15) is 32.0 Å². The zero-order chi connectivity index (χ0) is 19.5. The monoisotopic (exact) mass is 412 g/mol. The second kappa shape index (κ2) is 9.42. The number of carbonyl (C=O) groups is 1. The summed E-state index contributed by atoms with van der Waals surface area (Å²) in [5, 5.41) is 0. The normalized spacial score (nSPS) is 15.9. The summed E-state index contributed by atoms with van der Waals surface area (Å²) in [7, 11) is 0. The summed E-state index contributed by atoms with van der Waals surface area (Å²) < 4.78 is 2.17. The molecule has 5 nitrogen and oxygen atoms in total. The average molecular weight is 413 g/mol. The largest absolute Gasteiger partial charge is 0.343 e. The Kier molecular flexibility index (Phi) is 6.93. The van der Waals surface area contributed by atoms with Crippen LogP contribution in [-0.2, 0) is 11.2 Å². The molecule has 2 N–H and O–H groups in total. The predicted octanol–water partition coefficient (Wildman–Crippen LogP) is 3.97. The number of fused-ring (bicyclic) bond motifs is 1. The lowest BCUT2D eigenvalue weighted by Crippen LogP contribution is -2.42. The number of para-hydroxylation sites is 3. The number of piperidine rings is 1. The van der Waals surface area contributed by atoms with Crippen LogP contribution in [0.2, 0.25) is 0 Å². The van der Waals surface area contributed by atoms with Crippen LogP contribution in [0.3, 0.4) is 0 Å². The van der Waals surface area contributed by atoms with Gasteiger partial charge in [0.05, 0.1) is 11.0 Å². The minimum Gasteiger partial charge on any atom is -0.343 e. The van der Waals surface area contributed by atoms with E-state index in [0.717, 1.165) is 48.5 Å². The van der Waals surface area contributed by atoms with Gasteiger partial charge in [-0.05, 0) is 49.9 Å². The van der Waals surface area contributed by atoms with Gasteiger partial charge in [0.1, 0.15) is 5.82 Å². The van der Waals surface area contributed by atoms with Crippen molar-refractivity contribution in [3.8, 4) is 5.69 Å². The van der Waals surface area contributed by atoms with Gasteiger partial charge in [0, 0.05) is 37.7 Å². The SMILES string of the molecule is CC(N)C1CCN(C(=O)CCc2nc3ccccc3n2-c2ccccc2)CC1.Cl. The van der Waals surface area contributed by atoms with Gasteiger partial charge in [-0.2, -0.15) is 0 Å². The van der Waals surface area contributed by atoms with Crippen molar-refractivity contribution < 1.29 is 4.79 Å². The lowest BCUT2D eigenvalue weighted by Gasteiger charge is -2.33. The molecule has 29 heavy (non-hydrogen) atoms. The summed E-state index contributed by atoms with van der Waals surface area (Å²) in [5.74, 6) is 1.69. The minimum absolute atomic E-state index is 0. The molecule has 0 saturated carbocycles. The number of benzene rings is 2. The fraction of sp³-hybridized carbons (Fsp3) is 0.391.